The molecule has 0 unspecified atom stereocenters. The minimum absolute atomic E-state index is 0.0745. The van der Waals surface area contributed by atoms with Gasteiger partial charge < -0.3 is 14.8 Å². The van der Waals surface area contributed by atoms with Crippen LogP contribution in [0.2, 0.25) is 5.02 Å². The van der Waals surface area contributed by atoms with Crippen LogP contribution in [0.25, 0.3) is 0 Å². The van der Waals surface area contributed by atoms with Crippen LogP contribution in [0.15, 0.2) is 65.0 Å². The summed E-state index contributed by atoms with van der Waals surface area (Å²) >= 11 is 5.99. The molecule has 1 heterocycles. The minimum Gasteiger partial charge on any atom is -0.493 e. The Bertz CT molecular complexity index is 1130. The third kappa shape index (κ3) is 4.04. The number of methoxy groups -OCH3 is 1. The normalized spacial score (nSPS) is 18.3. The number of halogens is 1. The Morgan fingerprint density at radius 3 is 2.68 bits per heavy atom. The maximum absolute atomic E-state index is 12.9. The van der Waals surface area contributed by atoms with Crippen molar-refractivity contribution in [2.45, 2.75) is 38.7 Å². The summed E-state index contributed by atoms with van der Waals surface area (Å²) in [5.41, 5.74) is 4.58. The minimum atomic E-state index is -0.482. The fourth-order valence-corrected chi connectivity index (χ4v) is 4.38. The topological polar surface area (TPSA) is 71.3 Å². The quantitative estimate of drug-likeness (QED) is 0.680. The van der Waals surface area contributed by atoms with Gasteiger partial charge in [-0.25, -0.2) is 0 Å². The largest absolute Gasteiger partial charge is 0.493 e. The molecule has 0 bridgehead atoms. The number of carbonyl (C=O) groups is 1. The highest BCUT2D eigenvalue weighted by Gasteiger charge is 2.37. The Labute approximate surface area is 186 Å². The van der Waals surface area contributed by atoms with Gasteiger partial charge in [-0.3, -0.25) is 4.79 Å². The molecule has 0 saturated heterocycles. The summed E-state index contributed by atoms with van der Waals surface area (Å²) in [7, 11) is 1.58. The van der Waals surface area contributed by atoms with Crippen molar-refractivity contribution in [2.24, 2.45) is 0 Å². The molecule has 0 radical (unpaired) electrons. The summed E-state index contributed by atoms with van der Waals surface area (Å²) in [6.45, 7) is 2.18. The number of para-hydroxylation sites is 1. The van der Waals surface area contributed by atoms with Crippen molar-refractivity contribution in [3.05, 3.63) is 81.2 Å². The molecule has 0 amide bonds. The molecule has 1 aliphatic heterocycles. The molecular formula is C25H23ClN2O3. The van der Waals surface area contributed by atoms with Crippen LogP contribution < -0.4 is 14.8 Å². The van der Waals surface area contributed by atoms with E-state index in [9.17, 15) is 10.1 Å². The Balaban J connectivity index is 1.81. The smallest absolute Gasteiger partial charge is 0.165 e. The monoisotopic (exact) mass is 434 g/mol. The van der Waals surface area contributed by atoms with Gasteiger partial charge in [0.15, 0.2) is 17.3 Å². The van der Waals surface area contributed by atoms with Gasteiger partial charge in [0.2, 0.25) is 0 Å². The predicted octanol–water partition coefficient (Wildman–Crippen LogP) is 5.42. The number of Topliss-reactive ketones (excluding diaryl/α,β-unsaturated/α-hetero) is 1. The first-order valence-corrected chi connectivity index (χ1v) is 10.6. The van der Waals surface area contributed by atoms with E-state index in [1.807, 2.05) is 49.4 Å². The van der Waals surface area contributed by atoms with Gasteiger partial charge in [0.25, 0.3) is 0 Å². The standard InChI is InChI=1S/C25H23ClN2O3/c1-15-19(13-27)23(24-20(28-15)6-4-7-21(24)29)18-5-3-8-22(30-2)25(18)31-14-16-9-11-17(26)12-10-16/h3,5,8-12,23,28H,4,6-7,14H2,1-2H3/t23-/m1/s1. The fraction of sp³-hybridized carbons (Fsp3) is 0.280. The van der Waals surface area contributed by atoms with Gasteiger partial charge >= 0.3 is 0 Å². The highest BCUT2D eigenvalue weighted by molar-refractivity contribution is 6.30. The second-order valence-corrected chi connectivity index (χ2v) is 8.11. The Morgan fingerprint density at radius 1 is 1.19 bits per heavy atom. The molecule has 2 aromatic carbocycles. The van der Waals surface area contributed by atoms with Crippen molar-refractivity contribution in [2.75, 3.05) is 7.11 Å². The number of dihydropyridines is 1. The SMILES string of the molecule is COc1cccc([C@@H]2C(C#N)=C(C)NC3=C2C(=O)CCC3)c1OCc1ccc(Cl)cc1. The summed E-state index contributed by atoms with van der Waals surface area (Å²) in [4.78, 5) is 12.9. The van der Waals surface area contributed by atoms with Crippen LogP contribution >= 0.6 is 11.6 Å². The summed E-state index contributed by atoms with van der Waals surface area (Å²) in [6.07, 6.45) is 2.09. The van der Waals surface area contributed by atoms with Crippen LogP contribution in [0.5, 0.6) is 11.5 Å². The molecule has 1 aliphatic carbocycles. The lowest BCUT2D eigenvalue weighted by Crippen LogP contribution is -2.31. The zero-order chi connectivity index (χ0) is 22.0. The van der Waals surface area contributed by atoms with Crippen molar-refractivity contribution in [1.29, 1.82) is 5.26 Å². The molecule has 0 saturated carbocycles. The van der Waals surface area contributed by atoms with E-state index >= 15 is 0 Å². The number of nitriles is 1. The molecular weight excluding hydrogens is 412 g/mol. The number of ether oxygens (including phenoxy) is 2. The second kappa shape index (κ2) is 8.87. The number of nitrogens with zero attached hydrogens (tertiary/aromatic N) is 1. The zero-order valence-corrected chi connectivity index (χ0v) is 18.3. The lowest BCUT2D eigenvalue weighted by atomic mass is 9.75. The maximum Gasteiger partial charge on any atom is 0.165 e. The van der Waals surface area contributed by atoms with Crippen LogP contribution in [0, 0.1) is 11.3 Å². The van der Waals surface area contributed by atoms with Gasteiger partial charge in [-0.2, -0.15) is 5.26 Å². The molecule has 4 rings (SSSR count). The number of ketones is 1. The molecule has 158 valence electrons. The number of carbonyl (C=O) groups excluding carboxylic acids is 1. The van der Waals surface area contributed by atoms with Crippen molar-refractivity contribution in [1.82, 2.24) is 5.32 Å². The lowest BCUT2D eigenvalue weighted by Gasteiger charge is -2.33. The zero-order valence-electron chi connectivity index (χ0n) is 17.5. The molecule has 0 fully saturated rings. The number of benzene rings is 2. The molecule has 0 spiro atoms. The van der Waals surface area contributed by atoms with E-state index in [2.05, 4.69) is 11.4 Å². The first kappa shape index (κ1) is 21.0. The van der Waals surface area contributed by atoms with Gasteiger partial charge in [0.1, 0.15) is 6.61 Å². The van der Waals surface area contributed by atoms with Crippen LogP contribution in [0.4, 0.5) is 0 Å². The number of hydrogen-bond donors (Lipinski definition) is 1. The highest BCUT2D eigenvalue weighted by atomic mass is 35.5. The first-order chi connectivity index (χ1) is 15.0. The van der Waals surface area contributed by atoms with Crippen molar-refractivity contribution in [3.8, 4) is 17.6 Å². The Morgan fingerprint density at radius 2 is 1.97 bits per heavy atom. The third-order valence-electron chi connectivity index (χ3n) is 5.73. The highest BCUT2D eigenvalue weighted by Crippen LogP contribution is 2.47. The number of allylic oxidation sites excluding steroid dienone is 4. The van der Waals surface area contributed by atoms with E-state index in [4.69, 9.17) is 21.1 Å². The van der Waals surface area contributed by atoms with Crippen molar-refractivity contribution >= 4 is 17.4 Å². The van der Waals surface area contributed by atoms with E-state index in [1.54, 1.807) is 7.11 Å². The average molecular weight is 435 g/mol. The molecule has 1 atom stereocenters. The molecule has 5 nitrogen and oxygen atoms in total. The Hall–Kier alpha value is -3.23. The summed E-state index contributed by atoms with van der Waals surface area (Å²) in [6, 6.07) is 15.3. The van der Waals surface area contributed by atoms with Gasteiger partial charge in [-0.05, 0) is 43.5 Å². The number of nitrogens with one attached hydrogen (secondary N) is 1. The van der Waals surface area contributed by atoms with Crippen LogP contribution in [0.1, 0.15) is 43.2 Å². The molecule has 1 N–H and O–H groups in total. The van der Waals surface area contributed by atoms with E-state index in [0.717, 1.165) is 35.4 Å². The summed E-state index contributed by atoms with van der Waals surface area (Å²) in [5, 5.41) is 13.9. The number of rotatable bonds is 5. The van der Waals surface area contributed by atoms with E-state index in [-0.39, 0.29) is 5.78 Å². The molecule has 6 heteroatoms. The van der Waals surface area contributed by atoms with E-state index in [1.165, 1.54) is 0 Å². The van der Waals surface area contributed by atoms with Gasteiger partial charge in [-0.15, -0.1) is 0 Å². The van der Waals surface area contributed by atoms with E-state index < -0.39 is 5.92 Å². The van der Waals surface area contributed by atoms with Gasteiger partial charge in [0, 0.05) is 34.0 Å². The molecule has 2 aliphatic rings. The fourth-order valence-electron chi connectivity index (χ4n) is 4.25. The predicted molar refractivity (Wildman–Crippen MR) is 119 cm³/mol. The van der Waals surface area contributed by atoms with Crippen molar-refractivity contribution in [3.63, 3.8) is 0 Å². The number of hydrogen-bond acceptors (Lipinski definition) is 5. The van der Waals surface area contributed by atoms with Gasteiger partial charge in [0.05, 0.1) is 24.7 Å². The van der Waals surface area contributed by atoms with E-state index in [0.29, 0.717) is 40.7 Å². The average Bonchev–Trinajstić information content (AvgIpc) is 2.77. The Kier molecular flexibility index (Phi) is 6.01. The van der Waals surface area contributed by atoms with Crippen LogP contribution in [-0.4, -0.2) is 12.9 Å². The summed E-state index contributed by atoms with van der Waals surface area (Å²) in [5.74, 6) is 0.692. The molecule has 2 aromatic rings. The maximum atomic E-state index is 12.9. The second-order valence-electron chi connectivity index (χ2n) is 7.67. The first-order valence-electron chi connectivity index (χ1n) is 10.2. The lowest BCUT2D eigenvalue weighted by molar-refractivity contribution is -0.116. The molecule has 31 heavy (non-hydrogen) atoms. The summed E-state index contributed by atoms with van der Waals surface area (Å²) < 4.78 is 11.8. The van der Waals surface area contributed by atoms with Crippen molar-refractivity contribution < 1.29 is 14.3 Å². The van der Waals surface area contributed by atoms with Crippen LogP contribution in [-0.2, 0) is 11.4 Å². The van der Waals surface area contributed by atoms with Gasteiger partial charge in [-0.1, -0.05) is 35.9 Å². The van der Waals surface area contributed by atoms with Crippen LogP contribution in [0.3, 0.4) is 0 Å². The third-order valence-corrected chi connectivity index (χ3v) is 5.99. The molecule has 0 aromatic heterocycles.